The van der Waals surface area contributed by atoms with Gasteiger partial charge in [0, 0.05) is 30.9 Å². The van der Waals surface area contributed by atoms with Gasteiger partial charge in [-0.25, -0.2) is 4.98 Å². The largest absolute Gasteiger partial charge is 0.497 e. The third kappa shape index (κ3) is 3.01. The Balaban J connectivity index is 1.28. The third-order valence-corrected chi connectivity index (χ3v) is 5.73. The number of pyridine rings is 2. The first-order chi connectivity index (χ1) is 13.7. The number of hydrogen-bond acceptors (Lipinski definition) is 5. The molecule has 7 heteroatoms. The van der Waals surface area contributed by atoms with E-state index in [2.05, 4.69) is 54.1 Å². The van der Waals surface area contributed by atoms with Crippen LogP contribution in [0.2, 0.25) is 0 Å². The summed E-state index contributed by atoms with van der Waals surface area (Å²) in [5.41, 5.74) is 4.29. The molecule has 0 saturated carbocycles. The monoisotopic (exact) mass is 376 g/mol. The minimum atomic E-state index is 0.459. The molecule has 4 aromatic rings. The Bertz CT molecular complexity index is 1120. The Kier molecular flexibility index (Phi) is 4.24. The molecule has 28 heavy (non-hydrogen) atoms. The summed E-state index contributed by atoms with van der Waals surface area (Å²) >= 11 is 0. The van der Waals surface area contributed by atoms with Gasteiger partial charge in [-0.3, -0.25) is 9.30 Å². The van der Waals surface area contributed by atoms with Gasteiger partial charge >= 0.3 is 0 Å². The van der Waals surface area contributed by atoms with E-state index in [4.69, 9.17) is 4.74 Å². The van der Waals surface area contributed by atoms with E-state index >= 15 is 0 Å². The van der Waals surface area contributed by atoms with Gasteiger partial charge < -0.3 is 9.14 Å². The van der Waals surface area contributed by atoms with Crippen molar-refractivity contribution in [3.05, 3.63) is 59.9 Å². The van der Waals surface area contributed by atoms with E-state index in [1.807, 2.05) is 24.5 Å². The lowest BCUT2D eigenvalue weighted by Gasteiger charge is -2.30. The van der Waals surface area contributed by atoms with Gasteiger partial charge in [-0.1, -0.05) is 0 Å². The summed E-state index contributed by atoms with van der Waals surface area (Å²) in [4.78, 5) is 7.02. The van der Waals surface area contributed by atoms with Crippen molar-refractivity contribution in [2.75, 3.05) is 20.2 Å². The Morgan fingerprint density at radius 2 is 1.86 bits per heavy atom. The summed E-state index contributed by atoms with van der Waals surface area (Å²) in [6.07, 6.45) is 8.29. The fourth-order valence-corrected chi connectivity index (χ4v) is 4.13. The van der Waals surface area contributed by atoms with Gasteiger partial charge in [0.05, 0.1) is 19.0 Å². The van der Waals surface area contributed by atoms with Crippen LogP contribution in [0.25, 0.3) is 11.3 Å². The van der Waals surface area contributed by atoms with Gasteiger partial charge in [-0.05, 0) is 56.6 Å². The molecule has 7 nitrogen and oxygen atoms in total. The summed E-state index contributed by atoms with van der Waals surface area (Å²) < 4.78 is 9.57. The molecule has 0 N–H and O–H groups in total. The zero-order valence-electron chi connectivity index (χ0n) is 16.2. The first-order valence-corrected chi connectivity index (χ1v) is 9.75. The maximum Gasteiger partial charge on any atom is 0.161 e. The van der Waals surface area contributed by atoms with Gasteiger partial charge in [0.15, 0.2) is 5.65 Å². The average Bonchev–Trinajstić information content (AvgIpc) is 3.32. The van der Waals surface area contributed by atoms with E-state index in [9.17, 15) is 0 Å². The van der Waals surface area contributed by atoms with Crippen LogP contribution in [0.4, 0.5) is 0 Å². The fourth-order valence-electron chi connectivity index (χ4n) is 4.13. The van der Waals surface area contributed by atoms with Gasteiger partial charge in [0.25, 0.3) is 0 Å². The molecule has 5 rings (SSSR count). The molecule has 5 heterocycles. The van der Waals surface area contributed by atoms with Gasteiger partial charge in [0.2, 0.25) is 0 Å². The van der Waals surface area contributed by atoms with Crippen LogP contribution in [-0.4, -0.2) is 49.1 Å². The molecule has 0 bridgehead atoms. The Hall–Kier alpha value is -2.93. The molecular weight excluding hydrogens is 352 g/mol. The molecule has 0 aliphatic carbocycles. The average molecular weight is 376 g/mol. The number of rotatable bonds is 4. The first-order valence-electron chi connectivity index (χ1n) is 9.75. The van der Waals surface area contributed by atoms with Gasteiger partial charge in [0.1, 0.15) is 17.2 Å². The smallest absolute Gasteiger partial charge is 0.161 e. The quantitative estimate of drug-likeness (QED) is 0.548. The molecule has 0 atom stereocenters. The second-order valence-corrected chi connectivity index (χ2v) is 7.59. The molecule has 0 spiro atoms. The molecule has 1 saturated heterocycles. The van der Waals surface area contributed by atoms with Crippen molar-refractivity contribution in [2.24, 2.45) is 0 Å². The van der Waals surface area contributed by atoms with E-state index in [1.54, 1.807) is 7.11 Å². The fraction of sp³-hybridized carbons (Fsp3) is 0.381. The van der Waals surface area contributed by atoms with Crippen LogP contribution < -0.4 is 4.74 Å². The highest BCUT2D eigenvalue weighted by atomic mass is 16.5. The lowest BCUT2D eigenvalue weighted by Crippen LogP contribution is -2.33. The van der Waals surface area contributed by atoms with Crippen molar-refractivity contribution in [2.45, 2.75) is 32.2 Å². The maximum absolute atomic E-state index is 5.29. The number of piperidine rings is 1. The molecule has 0 amide bonds. The van der Waals surface area contributed by atoms with Gasteiger partial charge in [-0.15, -0.1) is 10.2 Å². The minimum Gasteiger partial charge on any atom is -0.497 e. The molecule has 1 aliphatic rings. The van der Waals surface area contributed by atoms with Gasteiger partial charge in [-0.2, -0.15) is 0 Å². The highest BCUT2D eigenvalue weighted by Gasteiger charge is 2.25. The number of hydrogen-bond donors (Lipinski definition) is 0. The lowest BCUT2D eigenvalue weighted by atomic mass is 9.96. The van der Waals surface area contributed by atoms with Crippen molar-refractivity contribution in [3.8, 4) is 5.75 Å². The molecule has 144 valence electrons. The second-order valence-electron chi connectivity index (χ2n) is 7.59. The maximum atomic E-state index is 5.29. The summed E-state index contributed by atoms with van der Waals surface area (Å²) in [5.74, 6) is 2.39. The highest BCUT2D eigenvalue weighted by Crippen LogP contribution is 2.28. The SMILES string of the molecule is COc1ccn2c(CN3CCC(c4nnc5cc(C)ccn45)CC3)cnc2c1. The van der Waals surface area contributed by atoms with Crippen LogP contribution in [0.1, 0.15) is 35.8 Å². The zero-order valence-corrected chi connectivity index (χ0v) is 16.2. The van der Waals surface area contributed by atoms with Crippen molar-refractivity contribution in [1.29, 1.82) is 0 Å². The topological polar surface area (TPSA) is 60.0 Å². The van der Waals surface area contributed by atoms with Crippen molar-refractivity contribution < 1.29 is 4.74 Å². The number of methoxy groups -OCH3 is 1. The Morgan fingerprint density at radius 3 is 2.68 bits per heavy atom. The van der Waals surface area contributed by atoms with Crippen LogP contribution in [0, 0.1) is 6.92 Å². The van der Waals surface area contributed by atoms with Crippen LogP contribution in [0.5, 0.6) is 5.75 Å². The van der Waals surface area contributed by atoms with E-state index in [0.717, 1.165) is 55.3 Å². The molecular formula is C21H24N6O. The van der Waals surface area contributed by atoms with Crippen LogP contribution >= 0.6 is 0 Å². The summed E-state index contributed by atoms with van der Waals surface area (Å²) in [6, 6.07) is 8.15. The number of aromatic nitrogens is 5. The van der Waals surface area contributed by atoms with E-state index < -0.39 is 0 Å². The third-order valence-electron chi connectivity index (χ3n) is 5.73. The molecule has 0 unspecified atom stereocenters. The highest BCUT2D eigenvalue weighted by molar-refractivity contribution is 5.46. The summed E-state index contributed by atoms with van der Waals surface area (Å²) in [5, 5.41) is 8.85. The molecule has 4 aromatic heterocycles. The number of aryl methyl sites for hydroxylation is 1. The van der Waals surface area contributed by atoms with Crippen molar-refractivity contribution in [1.82, 2.24) is 28.9 Å². The van der Waals surface area contributed by atoms with E-state index in [0.29, 0.717) is 5.92 Å². The minimum absolute atomic E-state index is 0.459. The van der Waals surface area contributed by atoms with Crippen molar-refractivity contribution in [3.63, 3.8) is 0 Å². The van der Waals surface area contributed by atoms with Crippen molar-refractivity contribution >= 4 is 11.3 Å². The molecule has 0 aromatic carbocycles. The number of imidazole rings is 1. The Labute approximate surface area is 163 Å². The molecule has 1 aliphatic heterocycles. The number of ether oxygens (including phenoxy) is 1. The number of fused-ring (bicyclic) bond motifs is 2. The molecule has 1 fully saturated rings. The van der Waals surface area contributed by atoms with Crippen LogP contribution in [0.15, 0.2) is 42.9 Å². The normalized spacial score (nSPS) is 16.2. The lowest BCUT2D eigenvalue weighted by molar-refractivity contribution is 0.199. The van der Waals surface area contributed by atoms with E-state index in [-0.39, 0.29) is 0 Å². The predicted octanol–water partition coefficient (Wildman–Crippen LogP) is 3.07. The van der Waals surface area contributed by atoms with Crippen LogP contribution in [0.3, 0.4) is 0 Å². The number of nitrogens with zero attached hydrogens (tertiary/aromatic N) is 6. The van der Waals surface area contributed by atoms with E-state index in [1.165, 1.54) is 11.3 Å². The molecule has 0 radical (unpaired) electrons. The van der Waals surface area contributed by atoms with Crippen LogP contribution in [-0.2, 0) is 6.54 Å². The summed E-state index contributed by atoms with van der Waals surface area (Å²) in [7, 11) is 1.68. The summed E-state index contributed by atoms with van der Waals surface area (Å²) in [6.45, 7) is 5.09. The standard InChI is InChI=1S/C21H24N6O/c1-15-3-9-27-20(11-15)23-24-21(27)16-4-7-25(8-5-16)14-17-13-22-19-12-18(28-2)6-10-26(17)19/h3,6,9-13,16H,4-5,7-8,14H2,1-2H3. The first kappa shape index (κ1) is 17.2. The zero-order chi connectivity index (χ0) is 19.1. The Morgan fingerprint density at radius 1 is 1.04 bits per heavy atom. The second kappa shape index (κ2) is 6.91. The number of likely N-dealkylation sites (tertiary alicyclic amines) is 1. The predicted molar refractivity (Wildman–Crippen MR) is 107 cm³/mol.